The molecule has 2 aromatic rings. The topological polar surface area (TPSA) is 119 Å². The standard InChI is InChI=1S/C15H17N5O4/c21-12-3-1-7-17-20(12)8-2-6-16-14(23)11-9-24-15(18-11)19-13(22)10-4-5-10/h1,3,7,9-10H,2,4-6,8H2,(H,16,23)(H,18,19,22). The summed E-state index contributed by atoms with van der Waals surface area (Å²) < 4.78 is 6.39. The van der Waals surface area contributed by atoms with Crippen molar-refractivity contribution in [2.45, 2.75) is 25.8 Å². The Morgan fingerprint density at radius 2 is 2.21 bits per heavy atom. The van der Waals surface area contributed by atoms with E-state index in [1.54, 1.807) is 6.07 Å². The number of hydrogen-bond donors (Lipinski definition) is 2. The van der Waals surface area contributed by atoms with Crippen LogP contribution in [0.25, 0.3) is 0 Å². The number of nitrogens with one attached hydrogen (secondary N) is 2. The molecule has 1 saturated carbocycles. The third-order valence-electron chi connectivity index (χ3n) is 3.53. The summed E-state index contributed by atoms with van der Waals surface area (Å²) in [5.41, 5.74) is -0.0903. The fraction of sp³-hybridized carbons (Fsp3) is 0.400. The van der Waals surface area contributed by atoms with Crippen molar-refractivity contribution in [2.75, 3.05) is 11.9 Å². The summed E-state index contributed by atoms with van der Waals surface area (Å²) >= 11 is 0. The molecule has 2 amide bonds. The molecule has 1 aliphatic rings. The summed E-state index contributed by atoms with van der Waals surface area (Å²) in [6.07, 6.45) is 5.03. The zero-order valence-electron chi connectivity index (χ0n) is 12.9. The Bertz CT molecular complexity index is 793. The highest BCUT2D eigenvalue weighted by molar-refractivity contribution is 5.94. The Morgan fingerprint density at radius 3 is 2.96 bits per heavy atom. The van der Waals surface area contributed by atoms with Gasteiger partial charge >= 0.3 is 6.01 Å². The van der Waals surface area contributed by atoms with Crippen molar-refractivity contribution in [1.29, 1.82) is 0 Å². The van der Waals surface area contributed by atoms with Crippen molar-refractivity contribution >= 4 is 17.8 Å². The minimum absolute atomic E-state index is 0.0251. The molecule has 0 radical (unpaired) electrons. The smallest absolute Gasteiger partial charge is 0.302 e. The molecular formula is C15H17N5O4. The number of rotatable bonds is 7. The second-order valence-corrected chi connectivity index (χ2v) is 5.50. The molecule has 0 unspecified atom stereocenters. The van der Waals surface area contributed by atoms with E-state index in [-0.39, 0.29) is 29.1 Å². The maximum Gasteiger partial charge on any atom is 0.302 e. The molecule has 1 aliphatic carbocycles. The van der Waals surface area contributed by atoms with E-state index in [1.807, 2.05) is 0 Å². The van der Waals surface area contributed by atoms with Crippen LogP contribution >= 0.6 is 0 Å². The van der Waals surface area contributed by atoms with Crippen LogP contribution in [0.4, 0.5) is 6.01 Å². The van der Waals surface area contributed by atoms with E-state index in [1.165, 1.54) is 23.2 Å². The number of carbonyl (C=O) groups excluding carboxylic acids is 2. The average molecular weight is 331 g/mol. The molecule has 3 rings (SSSR count). The molecular weight excluding hydrogens is 314 g/mol. The Balaban J connectivity index is 1.43. The molecule has 0 aliphatic heterocycles. The number of carbonyl (C=O) groups is 2. The number of oxazole rings is 1. The predicted molar refractivity (Wildman–Crippen MR) is 83.3 cm³/mol. The molecule has 0 bridgehead atoms. The van der Waals surface area contributed by atoms with Gasteiger partial charge in [-0.25, -0.2) is 4.68 Å². The molecule has 0 saturated heterocycles. The van der Waals surface area contributed by atoms with Crippen molar-refractivity contribution in [3.05, 3.63) is 40.6 Å². The molecule has 9 nitrogen and oxygen atoms in total. The molecule has 0 atom stereocenters. The number of nitrogens with zero attached hydrogens (tertiary/aromatic N) is 3. The van der Waals surface area contributed by atoms with Crippen molar-refractivity contribution in [1.82, 2.24) is 20.1 Å². The van der Waals surface area contributed by atoms with Gasteiger partial charge in [0, 0.05) is 31.3 Å². The minimum Gasteiger partial charge on any atom is -0.431 e. The highest BCUT2D eigenvalue weighted by Gasteiger charge is 2.30. The van der Waals surface area contributed by atoms with Gasteiger partial charge in [0.2, 0.25) is 5.91 Å². The summed E-state index contributed by atoms with van der Waals surface area (Å²) in [6, 6.07) is 3.03. The third kappa shape index (κ3) is 4.06. The molecule has 0 spiro atoms. The first-order chi connectivity index (χ1) is 11.6. The molecule has 0 aromatic carbocycles. The normalized spacial score (nSPS) is 13.5. The summed E-state index contributed by atoms with van der Waals surface area (Å²) in [5, 5.41) is 9.13. The zero-order valence-corrected chi connectivity index (χ0v) is 12.9. The predicted octanol–water partition coefficient (Wildman–Crippen LogP) is 0.400. The molecule has 9 heteroatoms. The lowest BCUT2D eigenvalue weighted by Gasteiger charge is -2.04. The van der Waals surface area contributed by atoms with Gasteiger partial charge in [0.05, 0.1) is 0 Å². The van der Waals surface area contributed by atoms with Gasteiger partial charge in [-0.1, -0.05) is 0 Å². The number of hydrogen-bond acceptors (Lipinski definition) is 6. The maximum atomic E-state index is 11.9. The number of anilines is 1. The van der Waals surface area contributed by atoms with Crippen molar-refractivity contribution in [3.63, 3.8) is 0 Å². The summed E-state index contributed by atoms with van der Waals surface area (Å²) in [6.45, 7) is 0.764. The molecule has 126 valence electrons. The van der Waals surface area contributed by atoms with Gasteiger partial charge in [0.25, 0.3) is 11.5 Å². The van der Waals surface area contributed by atoms with Gasteiger partial charge in [-0.3, -0.25) is 19.7 Å². The van der Waals surface area contributed by atoms with Crippen molar-refractivity contribution in [3.8, 4) is 0 Å². The quantitative estimate of drug-likeness (QED) is 0.709. The summed E-state index contributed by atoms with van der Waals surface area (Å²) in [7, 11) is 0. The van der Waals surface area contributed by atoms with Crippen LogP contribution in [0, 0.1) is 5.92 Å². The van der Waals surface area contributed by atoms with E-state index in [2.05, 4.69) is 20.7 Å². The van der Waals surface area contributed by atoms with E-state index < -0.39 is 5.91 Å². The maximum absolute atomic E-state index is 11.9. The van der Waals surface area contributed by atoms with Crippen molar-refractivity contribution < 1.29 is 14.0 Å². The van der Waals surface area contributed by atoms with Crippen LogP contribution in [0.5, 0.6) is 0 Å². The van der Waals surface area contributed by atoms with Crippen molar-refractivity contribution in [2.24, 2.45) is 5.92 Å². The van der Waals surface area contributed by atoms with Gasteiger partial charge in [0.1, 0.15) is 6.26 Å². The van der Waals surface area contributed by atoms with Crippen LogP contribution in [0.3, 0.4) is 0 Å². The first-order valence-electron chi connectivity index (χ1n) is 7.70. The van der Waals surface area contributed by atoms with Gasteiger partial charge in [0.15, 0.2) is 5.69 Å². The number of aryl methyl sites for hydroxylation is 1. The fourth-order valence-corrected chi connectivity index (χ4v) is 2.06. The van der Waals surface area contributed by atoms with Gasteiger partial charge in [-0.15, -0.1) is 0 Å². The zero-order chi connectivity index (χ0) is 16.9. The number of aromatic nitrogens is 3. The van der Waals surface area contributed by atoms with E-state index in [9.17, 15) is 14.4 Å². The molecule has 2 N–H and O–H groups in total. The lowest BCUT2D eigenvalue weighted by molar-refractivity contribution is -0.117. The molecule has 2 heterocycles. The lowest BCUT2D eigenvalue weighted by atomic mass is 10.4. The van der Waals surface area contributed by atoms with E-state index in [0.29, 0.717) is 19.5 Å². The summed E-state index contributed by atoms with van der Waals surface area (Å²) in [5.74, 6) is -0.507. The van der Waals surface area contributed by atoms with Crippen LogP contribution in [0.1, 0.15) is 29.8 Å². The first kappa shape index (κ1) is 15.9. The first-order valence-corrected chi connectivity index (χ1v) is 7.70. The molecule has 2 aromatic heterocycles. The lowest BCUT2D eigenvalue weighted by Crippen LogP contribution is -2.28. The number of amides is 2. The van der Waals surface area contributed by atoms with Crippen LogP contribution in [-0.2, 0) is 11.3 Å². The fourth-order valence-electron chi connectivity index (χ4n) is 2.06. The Hall–Kier alpha value is -2.97. The largest absolute Gasteiger partial charge is 0.431 e. The van der Waals surface area contributed by atoms with Gasteiger partial charge in [-0.2, -0.15) is 10.1 Å². The van der Waals surface area contributed by atoms with Crippen LogP contribution in [-0.4, -0.2) is 33.1 Å². The van der Waals surface area contributed by atoms with Gasteiger partial charge < -0.3 is 9.73 Å². The Morgan fingerprint density at radius 1 is 1.38 bits per heavy atom. The van der Waals surface area contributed by atoms with Crippen LogP contribution in [0.15, 0.2) is 33.8 Å². The highest BCUT2D eigenvalue weighted by Crippen LogP contribution is 2.29. The second kappa shape index (κ2) is 7.07. The summed E-state index contributed by atoms with van der Waals surface area (Å²) in [4.78, 5) is 38.9. The monoisotopic (exact) mass is 331 g/mol. The van der Waals surface area contributed by atoms with Gasteiger partial charge in [-0.05, 0) is 25.3 Å². The molecule has 24 heavy (non-hydrogen) atoms. The van der Waals surface area contributed by atoms with E-state index in [4.69, 9.17) is 4.42 Å². The van der Waals surface area contributed by atoms with Crippen LogP contribution in [0.2, 0.25) is 0 Å². The second-order valence-electron chi connectivity index (χ2n) is 5.50. The SMILES string of the molecule is O=C(NCCCn1ncccc1=O)c1coc(NC(=O)C2CC2)n1. The van der Waals surface area contributed by atoms with Crippen LogP contribution < -0.4 is 16.2 Å². The average Bonchev–Trinajstić information content (AvgIpc) is 3.33. The third-order valence-corrected chi connectivity index (χ3v) is 3.53. The Kier molecular flexibility index (Phi) is 4.69. The molecule has 1 fully saturated rings. The van der Waals surface area contributed by atoms with E-state index in [0.717, 1.165) is 12.8 Å². The highest BCUT2D eigenvalue weighted by atomic mass is 16.4. The Labute approximate surface area is 137 Å². The van der Waals surface area contributed by atoms with E-state index >= 15 is 0 Å². The minimum atomic E-state index is -0.404.